The summed E-state index contributed by atoms with van der Waals surface area (Å²) in [5.41, 5.74) is 2.36. The summed E-state index contributed by atoms with van der Waals surface area (Å²) >= 11 is 0. The number of nitrogens with zero attached hydrogens (tertiary/aromatic N) is 1. The average Bonchev–Trinajstić information content (AvgIpc) is 2.93. The molecule has 2 aromatic rings. The molecular formula is C14H16N2O2. The van der Waals surface area contributed by atoms with Crippen LogP contribution in [-0.4, -0.2) is 40.1 Å². The zero-order chi connectivity index (χ0) is 12.5. The second-order valence-electron chi connectivity index (χ2n) is 4.81. The maximum atomic E-state index is 11.6. The van der Waals surface area contributed by atoms with Crippen LogP contribution < -0.4 is 0 Å². The zero-order valence-corrected chi connectivity index (χ0v) is 10.1. The van der Waals surface area contributed by atoms with Gasteiger partial charge in [0.1, 0.15) is 0 Å². The van der Waals surface area contributed by atoms with Crippen LogP contribution in [0.15, 0.2) is 30.5 Å². The minimum Gasteiger partial charge on any atom is -0.391 e. The number of fused-ring (bicyclic) bond motifs is 1. The van der Waals surface area contributed by atoms with Crippen molar-refractivity contribution in [2.24, 2.45) is 0 Å². The number of aliphatic hydroxyl groups is 1. The van der Waals surface area contributed by atoms with Gasteiger partial charge in [-0.15, -0.1) is 0 Å². The number of carbonyl (C=O) groups is 1. The normalized spacial score (nSPS) is 19.9. The molecule has 0 radical (unpaired) electrons. The van der Waals surface area contributed by atoms with E-state index < -0.39 is 6.10 Å². The molecule has 3 rings (SSSR count). The molecule has 0 saturated carbocycles. The monoisotopic (exact) mass is 244 g/mol. The Kier molecular flexibility index (Phi) is 2.80. The minimum absolute atomic E-state index is 0.0566. The number of para-hydroxylation sites is 1. The number of amides is 1. The number of hydrogen-bond donors (Lipinski definition) is 2. The maximum Gasteiger partial charge on any atom is 0.225 e. The lowest BCUT2D eigenvalue weighted by Gasteiger charge is -2.15. The second kappa shape index (κ2) is 4.46. The number of aromatic nitrogens is 1. The molecule has 1 amide bonds. The van der Waals surface area contributed by atoms with Gasteiger partial charge in [0.2, 0.25) is 5.91 Å². The van der Waals surface area contributed by atoms with Gasteiger partial charge in [-0.1, -0.05) is 18.2 Å². The fraction of sp³-hybridized carbons (Fsp3) is 0.357. The largest absolute Gasteiger partial charge is 0.391 e. The highest BCUT2D eigenvalue weighted by atomic mass is 16.3. The first-order chi connectivity index (χ1) is 8.74. The first-order valence-corrected chi connectivity index (χ1v) is 6.25. The highest BCUT2D eigenvalue weighted by Crippen LogP contribution is 2.18. The number of hydrogen-bond acceptors (Lipinski definition) is 2. The number of β-amino-alcohol motifs (C(OH)–C–C–N with tert-alkyl or cyclic N) is 1. The van der Waals surface area contributed by atoms with E-state index in [0.29, 0.717) is 13.1 Å². The predicted octanol–water partition coefficient (Wildman–Crippen LogP) is 1.30. The van der Waals surface area contributed by atoms with Crippen LogP contribution in [0.25, 0.3) is 10.9 Å². The van der Waals surface area contributed by atoms with Gasteiger partial charge >= 0.3 is 0 Å². The summed E-state index contributed by atoms with van der Waals surface area (Å²) in [7, 11) is 0. The lowest BCUT2D eigenvalue weighted by atomic mass is 10.1. The fourth-order valence-corrected chi connectivity index (χ4v) is 2.58. The molecule has 0 bridgehead atoms. The van der Waals surface area contributed by atoms with Crippen molar-refractivity contribution in [3.05, 3.63) is 36.0 Å². The van der Waals surface area contributed by atoms with E-state index in [9.17, 15) is 9.90 Å². The van der Waals surface area contributed by atoms with E-state index in [4.69, 9.17) is 0 Å². The van der Waals surface area contributed by atoms with E-state index in [1.54, 1.807) is 4.90 Å². The third-order valence-electron chi connectivity index (χ3n) is 3.52. The highest BCUT2D eigenvalue weighted by molar-refractivity contribution is 5.82. The minimum atomic E-state index is -0.487. The van der Waals surface area contributed by atoms with Crippen molar-refractivity contribution in [1.82, 2.24) is 9.88 Å². The summed E-state index contributed by atoms with van der Waals surface area (Å²) in [5.74, 6) is 0.0566. The SMILES string of the molecule is O=C1CC(O)CN1CCc1cccc2cc[nH]c12. The summed E-state index contributed by atoms with van der Waals surface area (Å²) in [6, 6.07) is 8.23. The molecule has 1 fully saturated rings. The number of aromatic amines is 1. The van der Waals surface area contributed by atoms with Gasteiger partial charge in [0.15, 0.2) is 0 Å². The van der Waals surface area contributed by atoms with Gasteiger partial charge in [0, 0.05) is 24.8 Å². The van der Waals surface area contributed by atoms with E-state index in [-0.39, 0.29) is 12.3 Å². The molecule has 18 heavy (non-hydrogen) atoms. The Balaban J connectivity index is 1.73. The van der Waals surface area contributed by atoms with E-state index in [1.165, 1.54) is 10.9 Å². The molecule has 2 heterocycles. The number of rotatable bonds is 3. The number of likely N-dealkylation sites (tertiary alicyclic amines) is 1. The van der Waals surface area contributed by atoms with Crippen LogP contribution in [0.4, 0.5) is 0 Å². The fourth-order valence-electron chi connectivity index (χ4n) is 2.58. The van der Waals surface area contributed by atoms with Gasteiger partial charge in [-0.3, -0.25) is 4.79 Å². The van der Waals surface area contributed by atoms with Crippen molar-refractivity contribution >= 4 is 16.8 Å². The lowest BCUT2D eigenvalue weighted by molar-refractivity contribution is -0.127. The van der Waals surface area contributed by atoms with Crippen LogP contribution in [0.5, 0.6) is 0 Å². The van der Waals surface area contributed by atoms with Gasteiger partial charge in [-0.05, 0) is 23.4 Å². The molecule has 4 heteroatoms. The molecular weight excluding hydrogens is 228 g/mol. The van der Waals surface area contributed by atoms with Crippen LogP contribution in [0, 0.1) is 0 Å². The van der Waals surface area contributed by atoms with Gasteiger partial charge in [-0.2, -0.15) is 0 Å². The topological polar surface area (TPSA) is 56.3 Å². The van der Waals surface area contributed by atoms with Crippen molar-refractivity contribution in [3.63, 3.8) is 0 Å². The van der Waals surface area contributed by atoms with Crippen molar-refractivity contribution in [3.8, 4) is 0 Å². The third kappa shape index (κ3) is 1.99. The number of carbonyl (C=O) groups excluding carboxylic acids is 1. The molecule has 1 atom stereocenters. The zero-order valence-electron chi connectivity index (χ0n) is 10.1. The van der Waals surface area contributed by atoms with Gasteiger partial charge in [0.05, 0.1) is 12.5 Å². The van der Waals surface area contributed by atoms with Crippen LogP contribution in [0.2, 0.25) is 0 Å². The van der Waals surface area contributed by atoms with Crippen LogP contribution in [0.3, 0.4) is 0 Å². The molecule has 4 nitrogen and oxygen atoms in total. The highest BCUT2D eigenvalue weighted by Gasteiger charge is 2.27. The van der Waals surface area contributed by atoms with E-state index in [1.807, 2.05) is 18.3 Å². The van der Waals surface area contributed by atoms with Crippen LogP contribution >= 0.6 is 0 Å². The predicted molar refractivity (Wildman–Crippen MR) is 69.2 cm³/mol. The molecule has 1 aromatic heterocycles. The van der Waals surface area contributed by atoms with Crippen LogP contribution in [-0.2, 0) is 11.2 Å². The summed E-state index contributed by atoms with van der Waals surface area (Å²) < 4.78 is 0. The quantitative estimate of drug-likeness (QED) is 0.855. The number of nitrogens with one attached hydrogen (secondary N) is 1. The Bertz CT molecular complexity index is 576. The first kappa shape index (κ1) is 11.3. The molecule has 1 saturated heterocycles. The lowest BCUT2D eigenvalue weighted by Crippen LogP contribution is -2.28. The van der Waals surface area contributed by atoms with Gasteiger partial charge in [-0.25, -0.2) is 0 Å². The van der Waals surface area contributed by atoms with Crippen molar-refractivity contribution in [2.75, 3.05) is 13.1 Å². The molecule has 1 unspecified atom stereocenters. The molecule has 94 valence electrons. The average molecular weight is 244 g/mol. The van der Waals surface area contributed by atoms with Crippen LogP contribution in [0.1, 0.15) is 12.0 Å². The van der Waals surface area contributed by atoms with E-state index in [0.717, 1.165) is 11.9 Å². The van der Waals surface area contributed by atoms with Gasteiger partial charge < -0.3 is 15.0 Å². The number of benzene rings is 1. The molecule has 1 aliphatic rings. The molecule has 0 spiro atoms. The van der Waals surface area contributed by atoms with Crippen molar-refractivity contribution in [1.29, 1.82) is 0 Å². The summed E-state index contributed by atoms with van der Waals surface area (Å²) in [4.78, 5) is 16.6. The summed E-state index contributed by atoms with van der Waals surface area (Å²) in [5, 5.41) is 10.6. The molecule has 2 N–H and O–H groups in total. The molecule has 0 aliphatic carbocycles. The number of H-pyrrole nitrogens is 1. The van der Waals surface area contributed by atoms with Gasteiger partial charge in [0.25, 0.3) is 0 Å². The smallest absolute Gasteiger partial charge is 0.225 e. The number of aliphatic hydroxyl groups excluding tert-OH is 1. The second-order valence-corrected chi connectivity index (χ2v) is 4.81. The Hall–Kier alpha value is -1.81. The summed E-state index contributed by atoms with van der Waals surface area (Å²) in [6.07, 6.45) is 2.53. The first-order valence-electron chi connectivity index (χ1n) is 6.25. The molecule has 1 aromatic carbocycles. The van der Waals surface area contributed by atoms with Crippen molar-refractivity contribution < 1.29 is 9.90 Å². The summed E-state index contributed by atoms with van der Waals surface area (Å²) in [6.45, 7) is 1.15. The Morgan fingerprint density at radius 1 is 1.39 bits per heavy atom. The standard InChI is InChI=1S/C14H16N2O2/c17-12-8-13(18)16(9-12)7-5-11-3-1-2-10-4-6-15-14(10)11/h1-4,6,12,15,17H,5,7-9H2. The maximum absolute atomic E-state index is 11.6. The Labute approximate surface area is 105 Å². The van der Waals surface area contributed by atoms with Crippen molar-refractivity contribution in [2.45, 2.75) is 18.9 Å². The third-order valence-corrected chi connectivity index (χ3v) is 3.52. The Morgan fingerprint density at radius 3 is 3.06 bits per heavy atom. The van der Waals surface area contributed by atoms with E-state index >= 15 is 0 Å². The Morgan fingerprint density at radius 2 is 2.28 bits per heavy atom. The molecule has 1 aliphatic heterocycles. The van der Waals surface area contributed by atoms with E-state index in [2.05, 4.69) is 17.1 Å².